The van der Waals surface area contributed by atoms with Gasteiger partial charge in [0.05, 0.1) is 5.92 Å². The Hall–Kier alpha value is -1.72. The van der Waals surface area contributed by atoms with Crippen LogP contribution in [0.1, 0.15) is 26.7 Å². The lowest BCUT2D eigenvalue weighted by atomic mass is 10.0. The van der Waals surface area contributed by atoms with Crippen LogP contribution in [0.4, 0.5) is 13.2 Å². The van der Waals surface area contributed by atoms with E-state index in [1.165, 1.54) is 18.2 Å². The summed E-state index contributed by atoms with van der Waals surface area (Å²) in [6.07, 6.45) is -3.69. The van der Waals surface area contributed by atoms with Gasteiger partial charge in [-0.3, -0.25) is 4.79 Å². The molecule has 0 bridgehead atoms. The van der Waals surface area contributed by atoms with Crippen molar-refractivity contribution < 1.29 is 27.4 Å². The van der Waals surface area contributed by atoms with Crippen molar-refractivity contribution in [2.75, 3.05) is 0 Å². The molecule has 0 aliphatic rings. The van der Waals surface area contributed by atoms with Gasteiger partial charge in [-0.1, -0.05) is 26.0 Å². The Bertz CT molecular complexity index is 425. The second-order valence-corrected chi connectivity index (χ2v) is 3.93. The molecule has 0 heterocycles. The maximum atomic E-state index is 12.2. The number of carbonyl (C=O) groups is 1. The number of ether oxygens (including phenoxy) is 2. The first-order chi connectivity index (χ1) is 8.87. The first-order valence-corrected chi connectivity index (χ1v) is 5.93. The molecule has 106 valence electrons. The summed E-state index contributed by atoms with van der Waals surface area (Å²) in [7, 11) is 0. The fourth-order valence-corrected chi connectivity index (χ4v) is 1.56. The second-order valence-electron chi connectivity index (χ2n) is 3.93. The molecule has 3 nitrogen and oxygen atoms in total. The fourth-order valence-electron chi connectivity index (χ4n) is 1.56. The van der Waals surface area contributed by atoms with Gasteiger partial charge in [0, 0.05) is 0 Å². The van der Waals surface area contributed by atoms with Crippen LogP contribution in [-0.2, 0) is 4.79 Å². The van der Waals surface area contributed by atoms with Gasteiger partial charge in [0.1, 0.15) is 0 Å². The Kier molecular flexibility index (Phi) is 5.20. The zero-order chi connectivity index (χ0) is 14.5. The summed E-state index contributed by atoms with van der Waals surface area (Å²) in [4.78, 5) is 11.7. The van der Waals surface area contributed by atoms with Crippen molar-refractivity contribution in [1.29, 1.82) is 0 Å². The highest BCUT2D eigenvalue weighted by atomic mass is 19.4. The Morgan fingerprint density at radius 2 is 1.68 bits per heavy atom. The third-order valence-electron chi connectivity index (χ3n) is 2.60. The monoisotopic (exact) mass is 276 g/mol. The van der Waals surface area contributed by atoms with Gasteiger partial charge in [0.15, 0.2) is 11.5 Å². The van der Waals surface area contributed by atoms with Crippen LogP contribution in [0, 0.1) is 5.92 Å². The van der Waals surface area contributed by atoms with E-state index in [0.717, 1.165) is 6.07 Å². The van der Waals surface area contributed by atoms with Crippen molar-refractivity contribution in [2.45, 2.75) is 33.1 Å². The third kappa shape index (κ3) is 4.81. The largest absolute Gasteiger partial charge is 0.573 e. The normalized spacial score (nSPS) is 11.5. The Labute approximate surface area is 109 Å². The van der Waals surface area contributed by atoms with Crippen molar-refractivity contribution in [1.82, 2.24) is 0 Å². The summed E-state index contributed by atoms with van der Waals surface area (Å²) < 4.78 is 45.3. The summed E-state index contributed by atoms with van der Waals surface area (Å²) >= 11 is 0. The highest BCUT2D eigenvalue weighted by Gasteiger charge is 2.32. The van der Waals surface area contributed by atoms with Crippen LogP contribution in [0.3, 0.4) is 0 Å². The standard InChI is InChI=1S/C13H15F3O3/c1-3-9(4-2)12(17)18-10-7-5-6-8-11(10)19-13(14,15)16/h5-9H,3-4H2,1-2H3. The summed E-state index contributed by atoms with van der Waals surface area (Å²) in [5, 5.41) is 0. The molecule has 0 fully saturated rings. The number of alkyl halides is 3. The van der Waals surface area contributed by atoms with E-state index in [1.54, 1.807) is 0 Å². The molecule has 0 aromatic heterocycles. The Morgan fingerprint density at radius 1 is 1.16 bits per heavy atom. The van der Waals surface area contributed by atoms with E-state index < -0.39 is 18.1 Å². The van der Waals surface area contributed by atoms with E-state index in [0.29, 0.717) is 12.8 Å². The molecule has 6 heteroatoms. The highest BCUT2D eigenvalue weighted by Crippen LogP contribution is 2.32. The minimum Gasteiger partial charge on any atom is -0.422 e. The predicted molar refractivity (Wildman–Crippen MR) is 62.8 cm³/mol. The van der Waals surface area contributed by atoms with Gasteiger partial charge in [-0.05, 0) is 25.0 Å². The number of benzene rings is 1. The first-order valence-electron chi connectivity index (χ1n) is 5.93. The van der Waals surface area contributed by atoms with Crippen molar-refractivity contribution in [3.8, 4) is 11.5 Å². The molecule has 0 aliphatic heterocycles. The molecule has 0 N–H and O–H groups in total. The number of para-hydroxylation sites is 2. The van der Waals surface area contributed by atoms with Gasteiger partial charge in [0.25, 0.3) is 0 Å². The molecule has 0 unspecified atom stereocenters. The van der Waals surface area contributed by atoms with Crippen LogP contribution < -0.4 is 9.47 Å². The van der Waals surface area contributed by atoms with Crippen LogP contribution in [0.2, 0.25) is 0 Å². The smallest absolute Gasteiger partial charge is 0.422 e. The zero-order valence-electron chi connectivity index (χ0n) is 10.7. The number of hydrogen-bond acceptors (Lipinski definition) is 3. The summed E-state index contributed by atoms with van der Waals surface area (Å²) in [5.41, 5.74) is 0. The number of carbonyl (C=O) groups excluding carboxylic acids is 1. The molecular formula is C13H15F3O3. The molecule has 0 saturated carbocycles. The number of hydrogen-bond donors (Lipinski definition) is 0. The molecule has 1 aromatic carbocycles. The lowest BCUT2D eigenvalue weighted by molar-refractivity contribution is -0.275. The van der Waals surface area contributed by atoms with E-state index in [2.05, 4.69) is 4.74 Å². The average molecular weight is 276 g/mol. The Balaban J connectivity index is 2.86. The van der Waals surface area contributed by atoms with Gasteiger partial charge in [-0.25, -0.2) is 0 Å². The molecule has 0 amide bonds. The lowest BCUT2D eigenvalue weighted by Gasteiger charge is -2.15. The minimum atomic E-state index is -4.82. The maximum Gasteiger partial charge on any atom is 0.573 e. The molecule has 0 radical (unpaired) electrons. The zero-order valence-corrected chi connectivity index (χ0v) is 10.7. The van der Waals surface area contributed by atoms with Crippen LogP contribution in [0.25, 0.3) is 0 Å². The molecule has 0 aliphatic carbocycles. The molecular weight excluding hydrogens is 261 g/mol. The number of rotatable bonds is 5. The molecule has 0 atom stereocenters. The van der Waals surface area contributed by atoms with E-state index in [1.807, 2.05) is 13.8 Å². The van der Waals surface area contributed by atoms with Crippen LogP contribution in [-0.4, -0.2) is 12.3 Å². The molecule has 0 saturated heterocycles. The summed E-state index contributed by atoms with van der Waals surface area (Å²) in [6, 6.07) is 5.21. The van der Waals surface area contributed by atoms with Gasteiger partial charge < -0.3 is 9.47 Å². The minimum absolute atomic E-state index is 0.225. The quantitative estimate of drug-likeness (QED) is 0.604. The topological polar surface area (TPSA) is 35.5 Å². The van der Waals surface area contributed by atoms with E-state index in [4.69, 9.17) is 4.74 Å². The molecule has 1 aromatic rings. The lowest BCUT2D eigenvalue weighted by Crippen LogP contribution is -2.21. The second kappa shape index (κ2) is 6.45. The molecule has 1 rings (SSSR count). The van der Waals surface area contributed by atoms with Gasteiger partial charge in [-0.15, -0.1) is 13.2 Å². The van der Waals surface area contributed by atoms with E-state index >= 15 is 0 Å². The SMILES string of the molecule is CCC(CC)C(=O)Oc1ccccc1OC(F)(F)F. The van der Waals surface area contributed by atoms with Crippen molar-refractivity contribution in [3.63, 3.8) is 0 Å². The van der Waals surface area contributed by atoms with Crippen LogP contribution in [0.15, 0.2) is 24.3 Å². The van der Waals surface area contributed by atoms with Gasteiger partial charge >= 0.3 is 12.3 Å². The highest BCUT2D eigenvalue weighted by molar-refractivity contribution is 5.75. The van der Waals surface area contributed by atoms with E-state index in [9.17, 15) is 18.0 Å². The maximum absolute atomic E-state index is 12.2. The van der Waals surface area contributed by atoms with Crippen LogP contribution in [0.5, 0.6) is 11.5 Å². The van der Waals surface area contributed by atoms with Crippen molar-refractivity contribution in [3.05, 3.63) is 24.3 Å². The van der Waals surface area contributed by atoms with Crippen LogP contribution >= 0.6 is 0 Å². The predicted octanol–water partition coefficient (Wildman–Crippen LogP) is 3.93. The number of esters is 1. The molecule has 19 heavy (non-hydrogen) atoms. The first kappa shape index (κ1) is 15.3. The Morgan fingerprint density at radius 3 is 2.16 bits per heavy atom. The van der Waals surface area contributed by atoms with Gasteiger partial charge in [-0.2, -0.15) is 0 Å². The van der Waals surface area contributed by atoms with Crippen molar-refractivity contribution in [2.24, 2.45) is 5.92 Å². The molecule has 0 spiro atoms. The number of halogens is 3. The fraction of sp³-hybridized carbons (Fsp3) is 0.462. The third-order valence-corrected chi connectivity index (χ3v) is 2.60. The van der Waals surface area contributed by atoms with Gasteiger partial charge in [0.2, 0.25) is 0 Å². The van der Waals surface area contributed by atoms with Crippen molar-refractivity contribution >= 4 is 5.97 Å². The summed E-state index contributed by atoms with van der Waals surface area (Å²) in [5.74, 6) is -1.63. The van der Waals surface area contributed by atoms with E-state index in [-0.39, 0.29) is 11.7 Å². The summed E-state index contributed by atoms with van der Waals surface area (Å²) in [6.45, 7) is 3.63. The average Bonchev–Trinajstić information content (AvgIpc) is 2.31.